The number of anilines is 1. The van der Waals surface area contributed by atoms with Gasteiger partial charge in [0, 0.05) is 27.6 Å². The van der Waals surface area contributed by atoms with Gasteiger partial charge in [0.1, 0.15) is 5.60 Å². The van der Waals surface area contributed by atoms with E-state index in [-0.39, 0.29) is 5.97 Å². The zero-order valence-corrected chi connectivity index (χ0v) is 22.4. The molecule has 2 aromatic heterocycles. The molecule has 4 nitrogen and oxygen atoms in total. The Bertz CT molecular complexity index is 1060. The number of hydrogen-bond donors (Lipinski definition) is 0. The topological polar surface area (TPSA) is 42.4 Å². The first-order chi connectivity index (χ1) is 16.3. The number of nitrogens with zero attached hydrogens (tertiary/aromatic N) is 2. The van der Waals surface area contributed by atoms with Gasteiger partial charge in [0.25, 0.3) is 0 Å². The van der Waals surface area contributed by atoms with Gasteiger partial charge in [0.15, 0.2) is 5.13 Å². The molecular formula is C28H36N2O2S2. The van der Waals surface area contributed by atoms with E-state index >= 15 is 0 Å². The van der Waals surface area contributed by atoms with E-state index in [0.29, 0.717) is 24.8 Å². The van der Waals surface area contributed by atoms with Crippen molar-refractivity contribution in [1.29, 1.82) is 0 Å². The zero-order valence-electron chi connectivity index (χ0n) is 20.8. The van der Waals surface area contributed by atoms with Crippen molar-refractivity contribution in [1.82, 2.24) is 4.98 Å². The monoisotopic (exact) mass is 496 g/mol. The molecule has 1 aromatic carbocycles. The molecule has 1 saturated carbocycles. The van der Waals surface area contributed by atoms with Crippen LogP contribution in [0.5, 0.6) is 0 Å². The Hall–Kier alpha value is -2.18. The minimum atomic E-state index is -0.459. The van der Waals surface area contributed by atoms with Gasteiger partial charge in [-0.1, -0.05) is 30.3 Å². The summed E-state index contributed by atoms with van der Waals surface area (Å²) in [5.74, 6) is 1.04. The van der Waals surface area contributed by atoms with Gasteiger partial charge in [0.05, 0.1) is 18.7 Å². The highest BCUT2D eigenvalue weighted by atomic mass is 32.1. The van der Waals surface area contributed by atoms with Crippen LogP contribution in [0.1, 0.15) is 85.7 Å². The third kappa shape index (κ3) is 6.92. The first kappa shape index (κ1) is 24.9. The average Bonchev–Trinajstić information content (AvgIpc) is 3.45. The van der Waals surface area contributed by atoms with Crippen LogP contribution < -0.4 is 4.90 Å². The van der Waals surface area contributed by atoms with Gasteiger partial charge in [-0.2, -0.15) is 0 Å². The molecule has 0 saturated heterocycles. The number of benzene rings is 1. The van der Waals surface area contributed by atoms with Crippen molar-refractivity contribution in [3.05, 3.63) is 68.9 Å². The number of aromatic nitrogens is 1. The van der Waals surface area contributed by atoms with Crippen molar-refractivity contribution < 1.29 is 9.53 Å². The Kier molecular flexibility index (Phi) is 8.10. The van der Waals surface area contributed by atoms with Gasteiger partial charge in [-0.15, -0.1) is 22.7 Å². The number of esters is 1. The first-order valence-electron chi connectivity index (χ1n) is 12.3. The number of thiazole rings is 1. The summed E-state index contributed by atoms with van der Waals surface area (Å²) in [6.07, 6.45) is 5.17. The van der Waals surface area contributed by atoms with Crippen LogP contribution in [-0.4, -0.2) is 23.1 Å². The Morgan fingerprint density at radius 2 is 1.76 bits per heavy atom. The fourth-order valence-corrected chi connectivity index (χ4v) is 6.52. The van der Waals surface area contributed by atoms with E-state index in [1.54, 1.807) is 11.3 Å². The van der Waals surface area contributed by atoms with Crippen molar-refractivity contribution >= 4 is 33.8 Å². The molecule has 0 amide bonds. The quantitative estimate of drug-likeness (QED) is 0.300. The van der Waals surface area contributed by atoms with Gasteiger partial charge in [-0.05, 0) is 77.0 Å². The van der Waals surface area contributed by atoms with Gasteiger partial charge in [-0.3, -0.25) is 4.79 Å². The smallest absolute Gasteiger partial charge is 0.308 e. The van der Waals surface area contributed by atoms with E-state index in [4.69, 9.17) is 9.72 Å². The van der Waals surface area contributed by atoms with Gasteiger partial charge in [-0.25, -0.2) is 4.98 Å². The molecule has 0 radical (unpaired) electrons. The second kappa shape index (κ2) is 11.0. The SMILES string of the molecule is Cc1ccc(CN(CCC(=O)OC(C)(C)C)c2nc([C@H]3CC[C@H](c4ccccc4)CC3)cs2)s1. The zero-order chi connectivity index (χ0) is 24.1. The van der Waals surface area contributed by atoms with E-state index in [1.165, 1.54) is 46.7 Å². The molecule has 0 spiro atoms. The highest BCUT2D eigenvalue weighted by Gasteiger charge is 2.26. The van der Waals surface area contributed by atoms with E-state index in [2.05, 4.69) is 59.7 Å². The number of carbonyl (C=O) groups excluding carboxylic acids is 1. The molecule has 1 aliphatic carbocycles. The van der Waals surface area contributed by atoms with Crippen molar-refractivity contribution in [3.63, 3.8) is 0 Å². The van der Waals surface area contributed by atoms with Gasteiger partial charge >= 0.3 is 5.97 Å². The molecule has 182 valence electrons. The summed E-state index contributed by atoms with van der Waals surface area (Å²) in [5, 5.41) is 3.25. The van der Waals surface area contributed by atoms with Crippen LogP contribution in [0.2, 0.25) is 0 Å². The van der Waals surface area contributed by atoms with Crippen LogP contribution in [0.15, 0.2) is 47.8 Å². The van der Waals surface area contributed by atoms with E-state index in [1.807, 2.05) is 32.1 Å². The predicted octanol–water partition coefficient (Wildman–Crippen LogP) is 7.69. The largest absolute Gasteiger partial charge is 0.460 e. The number of rotatable bonds is 8. The lowest BCUT2D eigenvalue weighted by molar-refractivity contribution is -0.154. The third-order valence-electron chi connectivity index (χ3n) is 6.35. The Labute approximate surface area is 212 Å². The molecule has 34 heavy (non-hydrogen) atoms. The maximum absolute atomic E-state index is 12.4. The number of ether oxygens (including phenoxy) is 1. The van der Waals surface area contributed by atoms with Crippen molar-refractivity contribution in [2.75, 3.05) is 11.4 Å². The lowest BCUT2D eigenvalue weighted by Gasteiger charge is -2.28. The average molecular weight is 497 g/mol. The molecule has 6 heteroatoms. The molecule has 0 N–H and O–H groups in total. The molecule has 2 heterocycles. The standard InChI is InChI=1S/C28H36N2O2S2/c1-20-10-15-24(34-20)18-30(17-16-26(31)32-28(2,3)4)27-29-25(19-33-27)23-13-11-22(12-14-23)21-8-6-5-7-9-21/h5-10,15,19,22-23H,11-14,16-18H2,1-4H3/t22-,23-. The minimum absolute atomic E-state index is 0.157. The summed E-state index contributed by atoms with van der Waals surface area (Å²) in [5.41, 5.74) is 2.23. The Morgan fingerprint density at radius 3 is 2.41 bits per heavy atom. The summed E-state index contributed by atoms with van der Waals surface area (Å²) < 4.78 is 5.55. The molecule has 1 fully saturated rings. The minimum Gasteiger partial charge on any atom is -0.460 e. The van der Waals surface area contributed by atoms with Crippen LogP contribution in [0.25, 0.3) is 0 Å². The molecular weight excluding hydrogens is 460 g/mol. The normalized spacial score (nSPS) is 18.6. The molecule has 3 aromatic rings. The van der Waals surface area contributed by atoms with Crippen molar-refractivity contribution in [3.8, 4) is 0 Å². The maximum Gasteiger partial charge on any atom is 0.308 e. The van der Waals surface area contributed by atoms with Crippen LogP contribution in [-0.2, 0) is 16.1 Å². The van der Waals surface area contributed by atoms with E-state index < -0.39 is 5.60 Å². The number of thiophene rings is 1. The molecule has 0 bridgehead atoms. The fourth-order valence-electron chi connectivity index (χ4n) is 4.68. The van der Waals surface area contributed by atoms with E-state index in [0.717, 1.165) is 11.7 Å². The fraction of sp³-hybridized carbons (Fsp3) is 0.500. The summed E-state index contributed by atoms with van der Waals surface area (Å²) in [7, 11) is 0. The number of aryl methyl sites for hydroxylation is 1. The summed E-state index contributed by atoms with van der Waals surface area (Å²) in [6, 6.07) is 15.3. The Morgan fingerprint density at radius 1 is 1.06 bits per heavy atom. The molecule has 1 aliphatic rings. The molecule has 4 rings (SSSR count). The Balaban J connectivity index is 1.41. The van der Waals surface area contributed by atoms with Crippen LogP contribution in [0.4, 0.5) is 5.13 Å². The number of hydrogen-bond acceptors (Lipinski definition) is 6. The van der Waals surface area contributed by atoms with Gasteiger partial charge in [0.2, 0.25) is 0 Å². The molecule has 0 aliphatic heterocycles. The highest BCUT2D eigenvalue weighted by Crippen LogP contribution is 2.41. The van der Waals surface area contributed by atoms with Crippen LogP contribution in [0, 0.1) is 6.92 Å². The second-order valence-corrected chi connectivity index (χ2v) is 12.5. The first-order valence-corrected chi connectivity index (χ1v) is 14.0. The van der Waals surface area contributed by atoms with Crippen molar-refractivity contribution in [2.24, 2.45) is 0 Å². The summed E-state index contributed by atoms with van der Waals surface area (Å²) >= 11 is 3.51. The van der Waals surface area contributed by atoms with E-state index in [9.17, 15) is 4.79 Å². The maximum atomic E-state index is 12.4. The third-order valence-corrected chi connectivity index (χ3v) is 8.25. The van der Waals surface area contributed by atoms with Crippen molar-refractivity contribution in [2.45, 2.75) is 83.8 Å². The van der Waals surface area contributed by atoms with Gasteiger partial charge < -0.3 is 9.64 Å². The number of carbonyl (C=O) groups is 1. The molecule has 0 atom stereocenters. The lowest BCUT2D eigenvalue weighted by Crippen LogP contribution is -2.29. The highest BCUT2D eigenvalue weighted by molar-refractivity contribution is 7.14. The second-order valence-electron chi connectivity index (χ2n) is 10.3. The lowest BCUT2D eigenvalue weighted by atomic mass is 9.78. The van der Waals surface area contributed by atoms with Crippen LogP contribution in [0.3, 0.4) is 0 Å². The molecule has 0 unspecified atom stereocenters. The summed E-state index contributed by atoms with van der Waals surface area (Å²) in [4.78, 5) is 22.3. The predicted molar refractivity (Wildman–Crippen MR) is 143 cm³/mol. The summed E-state index contributed by atoms with van der Waals surface area (Å²) in [6.45, 7) is 9.26. The van der Waals surface area contributed by atoms with Crippen LogP contribution >= 0.6 is 22.7 Å².